The van der Waals surface area contributed by atoms with Crippen LogP contribution in [0.1, 0.15) is 12.5 Å². The molecule has 1 fully saturated rings. The Labute approximate surface area is 142 Å². The van der Waals surface area contributed by atoms with Crippen molar-refractivity contribution >= 4 is 16.6 Å². The van der Waals surface area contributed by atoms with Gasteiger partial charge in [-0.1, -0.05) is 49.4 Å². The van der Waals surface area contributed by atoms with Gasteiger partial charge in [0.25, 0.3) is 0 Å². The number of para-hydroxylation sites is 1. The lowest BCUT2D eigenvalue weighted by Gasteiger charge is -2.30. The standard InChI is InChI=1S/C21H22N2O/c1-2-16-7-9-17(10-8-16)20-15-21(23-11-13-24-14-12-23)18-5-3-4-6-19(18)22-20/h3-10,15H,2,11-14H2,1H3. The van der Waals surface area contributed by atoms with Crippen molar-refractivity contribution < 1.29 is 4.74 Å². The SMILES string of the molecule is CCc1ccc(-c2cc(N3CCOCC3)c3ccccc3n2)cc1. The normalized spacial score (nSPS) is 15.0. The molecular formula is C21H22N2O. The molecule has 0 aliphatic carbocycles. The minimum Gasteiger partial charge on any atom is -0.378 e. The number of aromatic nitrogens is 1. The molecule has 2 heterocycles. The van der Waals surface area contributed by atoms with Gasteiger partial charge in [0.2, 0.25) is 0 Å². The van der Waals surface area contributed by atoms with Crippen LogP contribution in [0.4, 0.5) is 5.69 Å². The van der Waals surface area contributed by atoms with Crippen LogP contribution in [-0.2, 0) is 11.2 Å². The molecule has 24 heavy (non-hydrogen) atoms. The Kier molecular flexibility index (Phi) is 4.18. The monoisotopic (exact) mass is 318 g/mol. The number of nitrogens with zero attached hydrogens (tertiary/aromatic N) is 2. The highest BCUT2D eigenvalue weighted by atomic mass is 16.5. The Hall–Kier alpha value is -2.39. The molecule has 3 heteroatoms. The molecule has 1 aromatic heterocycles. The molecule has 0 atom stereocenters. The van der Waals surface area contributed by atoms with E-state index in [0.29, 0.717) is 0 Å². The predicted molar refractivity (Wildman–Crippen MR) is 99.6 cm³/mol. The van der Waals surface area contributed by atoms with E-state index in [2.05, 4.69) is 66.4 Å². The van der Waals surface area contributed by atoms with Crippen molar-refractivity contribution in [2.75, 3.05) is 31.2 Å². The van der Waals surface area contributed by atoms with Gasteiger partial charge in [-0.3, -0.25) is 0 Å². The zero-order valence-electron chi connectivity index (χ0n) is 14.0. The molecule has 3 nitrogen and oxygen atoms in total. The third-order valence-electron chi connectivity index (χ3n) is 4.70. The van der Waals surface area contributed by atoms with Crippen LogP contribution in [-0.4, -0.2) is 31.3 Å². The molecule has 122 valence electrons. The lowest BCUT2D eigenvalue weighted by molar-refractivity contribution is 0.123. The molecule has 0 N–H and O–H groups in total. The van der Waals surface area contributed by atoms with Gasteiger partial charge in [-0.25, -0.2) is 4.98 Å². The summed E-state index contributed by atoms with van der Waals surface area (Å²) in [5.74, 6) is 0. The highest BCUT2D eigenvalue weighted by Gasteiger charge is 2.16. The van der Waals surface area contributed by atoms with E-state index in [0.717, 1.165) is 43.9 Å². The highest BCUT2D eigenvalue weighted by Crippen LogP contribution is 2.31. The molecular weight excluding hydrogens is 296 g/mol. The number of morpholine rings is 1. The maximum atomic E-state index is 5.52. The van der Waals surface area contributed by atoms with Gasteiger partial charge in [0, 0.05) is 29.7 Å². The number of aryl methyl sites for hydroxylation is 1. The third kappa shape index (κ3) is 2.87. The van der Waals surface area contributed by atoms with Gasteiger partial charge in [0.15, 0.2) is 0 Å². The van der Waals surface area contributed by atoms with E-state index in [1.807, 2.05) is 0 Å². The first kappa shape index (κ1) is 15.2. The lowest BCUT2D eigenvalue weighted by Crippen LogP contribution is -2.36. The predicted octanol–water partition coefficient (Wildman–Crippen LogP) is 4.30. The van der Waals surface area contributed by atoms with E-state index < -0.39 is 0 Å². The molecule has 0 bridgehead atoms. The fraction of sp³-hybridized carbons (Fsp3) is 0.286. The van der Waals surface area contributed by atoms with Gasteiger partial charge in [-0.05, 0) is 24.1 Å². The third-order valence-corrected chi connectivity index (χ3v) is 4.70. The van der Waals surface area contributed by atoms with Crippen molar-refractivity contribution in [2.24, 2.45) is 0 Å². The first-order valence-electron chi connectivity index (χ1n) is 8.67. The van der Waals surface area contributed by atoms with E-state index >= 15 is 0 Å². The smallest absolute Gasteiger partial charge is 0.0730 e. The van der Waals surface area contributed by atoms with Crippen molar-refractivity contribution in [3.8, 4) is 11.3 Å². The zero-order chi connectivity index (χ0) is 16.4. The molecule has 0 saturated carbocycles. The van der Waals surface area contributed by atoms with E-state index in [1.165, 1.54) is 22.2 Å². The average Bonchev–Trinajstić information content (AvgIpc) is 2.68. The van der Waals surface area contributed by atoms with Crippen LogP contribution < -0.4 is 4.90 Å². The number of benzene rings is 2. The van der Waals surface area contributed by atoms with Crippen LogP contribution in [0.25, 0.3) is 22.2 Å². The van der Waals surface area contributed by atoms with Crippen molar-refractivity contribution in [2.45, 2.75) is 13.3 Å². The van der Waals surface area contributed by atoms with Gasteiger partial charge in [0.1, 0.15) is 0 Å². The van der Waals surface area contributed by atoms with E-state index in [1.54, 1.807) is 0 Å². The Balaban J connectivity index is 1.83. The van der Waals surface area contributed by atoms with Gasteiger partial charge in [-0.15, -0.1) is 0 Å². The molecule has 4 rings (SSSR count). The topological polar surface area (TPSA) is 25.4 Å². The summed E-state index contributed by atoms with van der Waals surface area (Å²) in [6.45, 7) is 5.62. The second-order valence-corrected chi connectivity index (χ2v) is 6.19. The largest absolute Gasteiger partial charge is 0.378 e. The Bertz CT molecular complexity index is 836. The summed E-state index contributed by atoms with van der Waals surface area (Å²) in [6, 6.07) is 19.4. The minimum absolute atomic E-state index is 0.789. The van der Waals surface area contributed by atoms with Gasteiger partial charge < -0.3 is 9.64 Å². The van der Waals surface area contributed by atoms with Gasteiger partial charge in [0.05, 0.1) is 24.4 Å². The summed E-state index contributed by atoms with van der Waals surface area (Å²) < 4.78 is 5.52. The van der Waals surface area contributed by atoms with Crippen molar-refractivity contribution in [1.29, 1.82) is 0 Å². The van der Waals surface area contributed by atoms with Crippen molar-refractivity contribution in [1.82, 2.24) is 4.98 Å². The fourth-order valence-corrected chi connectivity index (χ4v) is 3.28. The van der Waals surface area contributed by atoms with E-state index in [-0.39, 0.29) is 0 Å². The summed E-state index contributed by atoms with van der Waals surface area (Å²) >= 11 is 0. The Morgan fingerprint density at radius 3 is 2.50 bits per heavy atom. The Morgan fingerprint density at radius 1 is 1.00 bits per heavy atom. The lowest BCUT2D eigenvalue weighted by atomic mass is 10.0. The summed E-state index contributed by atoms with van der Waals surface area (Å²) in [5, 5.41) is 1.22. The maximum Gasteiger partial charge on any atom is 0.0730 e. The number of hydrogen-bond donors (Lipinski definition) is 0. The highest BCUT2D eigenvalue weighted by molar-refractivity contribution is 5.94. The zero-order valence-corrected chi connectivity index (χ0v) is 14.0. The molecule has 0 amide bonds. The number of pyridine rings is 1. The minimum atomic E-state index is 0.789. The fourth-order valence-electron chi connectivity index (χ4n) is 3.28. The van der Waals surface area contributed by atoms with E-state index in [4.69, 9.17) is 9.72 Å². The summed E-state index contributed by atoms with van der Waals surface area (Å²) in [6.07, 6.45) is 1.06. The number of rotatable bonds is 3. The molecule has 1 aliphatic rings. The molecule has 3 aromatic rings. The second-order valence-electron chi connectivity index (χ2n) is 6.19. The number of fused-ring (bicyclic) bond motifs is 1. The molecule has 2 aromatic carbocycles. The summed E-state index contributed by atoms with van der Waals surface area (Å²) in [7, 11) is 0. The molecule has 0 unspecified atom stereocenters. The quantitative estimate of drug-likeness (QED) is 0.720. The van der Waals surface area contributed by atoms with E-state index in [9.17, 15) is 0 Å². The number of hydrogen-bond acceptors (Lipinski definition) is 3. The molecule has 1 aliphatic heterocycles. The summed E-state index contributed by atoms with van der Waals surface area (Å²) in [4.78, 5) is 7.31. The average molecular weight is 318 g/mol. The summed E-state index contributed by atoms with van der Waals surface area (Å²) in [5.41, 5.74) is 5.88. The molecule has 0 radical (unpaired) electrons. The van der Waals surface area contributed by atoms with Gasteiger partial charge in [-0.2, -0.15) is 0 Å². The van der Waals surface area contributed by atoms with Crippen LogP contribution in [0.2, 0.25) is 0 Å². The molecule has 0 spiro atoms. The molecule has 1 saturated heterocycles. The van der Waals surface area contributed by atoms with Crippen LogP contribution in [0.15, 0.2) is 54.6 Å². The number of ether oxygens (including phenoxy) is 1. The van der Waals surface area contributed by atoms with Crippen LogP contribution in [0, 0.1) is 0 Å². The maximum absolute atomic E-state index is 5.52. The van der Waals surface area contributed by atoms with Crippen LogP contribution in [0.3, 0.4) is 0 Å². The number of anilines is 1. The first-order valence-corrected chi connectivity index (χ1v) is 8.67. The van der Waals surface area contributed by atoms with Crippen molar-refractivity contribution in [3.63, 3.8) is 0 Å². The van der Waals surface area contributed by atoms with Gasteiger partial charge >= 0.3 is 0 Å². The first-order chi connectivity index (χ1) is 11.8. The van der Waals surface area contributed by atoms with Crippen LogP contribution in [0.5, 0.6) is 0 Å². The second kappa shape index (κ2) is 6.62. The Morgan fingerprint density at radius 2 is 1.75 bits per heavy atom. The van der Waals surface area contributed by atoms with Crippen LogP contribution >= 0.6 is 0 Å². The van der Waals surface area contributed by atoms with Crippen molar-refractivity contribution in [3.05, 3.63) is 60.2 Å².